The summed E-state index contributed by atoms with van der Waals surface area (Å²) in [5.41, 5.74) is 1.86. The molecular weight excluding hydrogens is 282 g/mol. The van der Waals surface area contributed by atoms with Crippen LogP contribution in [0.4, 0.5) is 5.82 Å². The highest BCUT2D eigenvalue weighted by atomic mass is 16.1. The number of nitriles is 1. The lowest BCUT2D eigenvalue weighted by atomic mass is 9.99. The Morgan fingerprint density at radius 2 is 2.23 bits per heavy atom. The minimum absolute atomic E-state index is 0.103. The molecule has 0 radical (unpaired) electrons. The number of nitrogens with one attached hydrogen (secondary N) is 2. The molecule has 2 N–H and O–H groups in total. The van der Waals surface area contributed by atoms with Gasteiger partial charge in [-0.2, -0.15) is 10.4 Å². The van der Waals surface area contributed by atoms with Crippen molar-refractivity contribution in [3.63, 3.8) is 0 Å². The van der Waals surface area contributed by atoms with Crippen molar-refractivity contribution in [2.24, 2.45) is 7.05 Å². The van der Waals surface area contributed by atoms with E-state index in [4.69, 9.17) is 5.26 Å². The summed E-state index contributed by atoms with van der Waals surface area (Å²) >= 11 is 0. The zero-order chi connectivity index (χ0) is 16.3. The molecule has 0 aliphatic carbocycles. The molecule has 2 aromatic heterocycles. The Hall–Kier alpha value is -2.88. The molecule has 2 rings (SSSR count). The van der Waals surface area contributed by atoms with Crippen molar-refractivity contribution in [1.82, 2.24) is 14.8 Å². The van der Waals surface area contributed by atoms with E-state index in [1.807, 2.05) is 6.07 Å². The third-order valence-electron chi connectivity index (χ3n) is 3.50. The molecule has 0 saturated heterocycles. The number of H-pyrrole nitrogens is 1. The number of hydrogen-bond acceptors (Lipinski definition) is 4. The number of aromatic nitrogens is 3. The first-order chi connectivity index (χ1) is 10.4. The van der Waals surface area contributed by atoms with E-state index >= 15 is 0 Å². The number of anilines is 1. The Morgan fingerprint density at radius 3 is 2.82 bits per heavy atom. The molecule has 0 saturated carbocycles. The fourth-order valence-corrected chi connectivity index (χ4v) is 2.35. The van der Waals surface area contributed by atoms with Crippen LogP contribution in [0.25, 0.3) is 0 Å². The second-order valence-corrected chi connectivity index (χ2v) is 5.09. The topological polar surface area (TPSA) is 104 Å². The van der Waals surface area contributed by atoms with Gasteiger partial charge in [0.2, 0.25) is 5.91 Å². The lowest BCUT2D eigenvalue weighted by molar-refractivity contribution is -0.116. The van der Waals surface area contributed by atoms with Crippen LogP contribution in [-0.2, 0) is 18.3 Å². The first kappa shape index (κ1) is 15.5. The molecule has 2 aromatic rings. The molecular formula is C15H17N5O2. The van der Waals surface area contributed by atoms with Crippen molar-refractivity contribution in [2.45, 2.75) is 26.7 Å². The molecule has 0 aliphatic heterocycles. The van der Waals surface area contributed by atoms with E-state index in [0.29, 0.717) is 23.5 Å². The number of carbonyl (C=O) groups is 1. The van der Waals surface area contributed by atoms with E-state index in [1.54, 1.807) is 37.8 Å². The van der Waals surface area contributed by atoms with Crippen molar-refractivity contribution in [2.75, 3.05) is 5.32 Å². The number of aryl methyl sites for hydroxylation is 2. The second-order valence-electron chi connectivity index (χ2n) is 5.09. The summed E-state index contributed by atoms with van der Waals surface area (Å²) in [4.78, 5) is 26.3. The summed E-state index contributed by atoms with van der Waals surface area (Å²) in [6, 6.07) is 3.61. The number of hydrogen-bond donors (Lipinski definition) is 2. The summed E-state index contributed by atoms with van der Waals surface area (Å²) < 4.78 is 1.60. The summed E-state index contributed by atoms with van der Waals surface area (Å²) in [6.45, 7) is 3.49. The van der Waals surface area contributed by atoms with Crippen LogP contribution in [-0.4, -0.2) is 20.7 Å². The summed E-state index contributed by atoms with van der Waals surface area (Å²) in [5.74, 6) is 0.335. The summed E-state index contributed by atoms with van der Waals surface area (Å²) in [7, 11) is 1.77. The molecule has 0 spiro atoms. The van der Waals surface area contributed by atoms with Gasteiger partial charge in [-0.1, -0.05) is 0 Å². The summed E-state index contributed by atoms with van der Waals surface area (Å²) in [5, 5.41) is 15.8. The van der Waals surface area contributed by atoms with Gasteiger partial charge in [0.1, 0.15) is 11.6 Å². The van der Waals surface area contributed by atoms with E-state index in [9.17, 15) is 9.59 Å². The molecule has 7 heteroatoms. The smallest absolute Gasteiger partial charge is 0.266 e. The van der Waals surface area contributed by atoms with Crippen molar-refractivity contribution in [3.05, 3.63) is 45.0 Å². The Balaban J connectivity index is 2.10. The van der Waals surface area contributed by atoms with Crippen molar-refractivity contribution in [3.8, 4) is 6.07 Å². The fraction of sp³-hybridized carbons (Fsp3) is 0.333. The van der Waals surface area contributed by atoms with Gasteiger partial charge in [0, 0.05) is 31.4 Å². The number of nitrogens with zero attached hydrogens (tertiary/aromatic N) is 3. The van der Waals surface area contributed by atoms with Crippen LogP contribution in [0.3, 0.4) is 0 Å². The molecule has 0 bridgehead atoms. The van der Waals surface area contributed by atoms with Crippen molar-refractivity contribution < 1.29 is 4.79 Å². The SMILES string of the molecule is Cc1[nH]c(=O)c(C#N)c(C)c1CCC(=O)Nc1ccn(C)n1. The Morgan fingerprint density at radius 1 is 1.50 bits per heavy atom. The van der Waals surface area contributed by atoms with Crippen LogP contribution in [0, 0.1) is 25.2 Å². The monoisotopic (exact) mass is 299 g/mol. The van der Waals surface area contributed by atoms with Gasteiger partial charge in [0.25, 0.3) is 5.56 Å². The standard InChI is InChI=1S/C15H17N5O2/c1-9-11(10(2)17-15(22)12(9)8-16)4-5-14(21)18-13-6-7-20(3)19-13/h6-7H,4-5H2,1-3H3,(H,17,22)(H,18,19,21). The van der Waals surface area contributed by atoms with Crippen LogP contribution in [0.15, 0.2) is 17.1 Å². The fourth-order valence-electron chi connectivity index (χ4n) is 2.35. The minimum Gasteiger partial charge on any atom is -0.325 e. The van der Waals surface area contributed by atoms with Gasteiger partial charge in [-0.15, -0.1) is 0 Å². The average Bonchev–Trinajstić information content (AvgIpc) is 2.83. The molecule has 2 heterocycles. The molecule has 0 atom stereocenters. The molecule has 1 amide bonds. The van der Waals surface area contributed by atoms with Gasteiger partial charge in [-0.3, -0.25) is 14.3 Å². The van der Waals surface area contributed by atoms with E-state index in [0.717, 1.165) is 5.56 Å². The zero-order valence-electron chi connectivity index (χ0n) is 12.7. The predicted molar refractivity (Wildman–Crippen MR) is 81.4 cm³/mol. The maximum Gasteiger partial charge on any atom is 0.266 e. The van der Waals surface area contributed by atoms with E-state index in [-0.39, 0.29) is 23.5 Å². The van der Waals surface area contributed by atoms with E-state index < -0.39 is 0 Å². The highest BCUT2D eigenvalue weighted by Gasteiger charge is 2.13. The molecule has 0 aromatic carbocycles. The van der Waals surface area contributed by atoms with Crippen molar-refractivity contribution in [1.29, 1.82) is 5.26 Å². The van der Waals surface area contributed by atoms with E-state index in [1.165, 1.54) is 0 Å². The van der Waals surface area contributed by atoms with Crippen LogP contribution in [0.1, 0.15) is 28.8 Å². The average molecular weight is 299 g/mol. The van der Waals surface area contributed by atoms with Crippen LogP contribution < -0.4 is 10.9 Å². The second kappa shape index (κ2) is 6.26. The zero-order valence-corrected chi connectivity index (χ0v) is 12.7. The van der Waals surface area contributed by atoms with Gasteiger partial charge in [-0.25, -0.2) is 0 Å². The molecule has 0 aliphatic rings. The van der Waals surface area contributed by atoms with Crippen LogP contribution in [0.2, 0.25) is 0 Å². The highest BCUT2D eigenvalue weighted by molar-refractivity contribution is 5.89. The van der Waals surface area contributed by atoms with Gasteiger partial charge >= 0.3 is 0 Å². The number of carbonyl (C=O) groups excluding carboxylic acids is 1. The van der Waals surface area contributed by atoms with Gasteiger partial charge in [0.15, 0.2) is 5.82 Å². The number of amides is 1. The molecule has 0 unspecified atom stereocenters. The molecule has 7 nitrogen and oxygen atoms in total. The van der Waals surface area contributed by atoms with Crippen LogP contribution >= 0.6 is 0 Å². The highest BCUT2D eigenvalue weighted by Crippen LogP contribution is 2.15. The summed E-state index contributed by atoms with van der Waals surface area (Å²) in [6.07, 6.45) is 2.43. The predicted octanol–water partition coefficient (Wildman–Crippen LogP) is 1.17. The maximum absolute atomic E-state index is 11.9. The van der Waals surface area contributed by atoms with Gasteiger partial charge in [0.05, 0.1) is 0 Å². The number of pyridine rings is 1. The minimum atomic E-state index is -0.390. The lowest BCUT2D eigenvalue weighted by Crippen LogP contribution is -2.18. The van der Waals surface area contributed by atoms with E-state index in [2.05, 4.69) is 15.4 Å². The van der Waals surface area contributed by atoms with Crippen LogP contribution in [0.5, 0.6) is 0 Å². The number of aromatic amines is 1. The molecule has 22 heavy (non-hydrogen) atoms. The lowest BCUT2D eigenvalue weighted by Gasteiger charge is -2.10. The van der Waals surface area contributed by atoms with Gasteiger partial charge < -0.3 is 10.3 Å². The molecule has 0 fully saturated rings. The third kappa shape index (κ3) is 3.23. The molecule has 114 valence electrons. The van der Waals surface area contributed by atoms with Crippen molar-refractivity contribution >= 4 is 11.7 Å². The Labute approximate surface area is 127 Å². The quantitative estimate of drug-likeness (QED) is 0.884. The Bertz CT molecular complexity index is 810. The largest absolute Gasteiger partial charge is 0.325 e. The number of rotatable bonds is 4. The first-order valence-electron chi connectivity index (χ1n) is 6.84. The third-order valence-corrected chi connectivity index (χ3v) is 3.50. The first-order valence-corrected chi connectivity index (χ1v) is 6.84. The van der Waals surface area contributed by atoms with Gasteiger partial charge in [-0.05, 0) is 31.4 Å². The maximum atomic E-state index is 11.9. The normalized spacial score (nSPS) is 10.3. The Kier molecular flexibility index (Phi) is 4.41.